The smallest absolute Gasteiger partial charge is 0.303 e. The summed E-state index contributed by atoms with van der Waals surface area (Å²) < 4.78 is 0. The van der Waals surface area contributed by atoms with Gasteiger partial charge in [-0.3, -0.25) is 9.59 Å². The SMILES string of the molecule is Clc1ccc2c(c1C#Cc1nccs1)CCNCC2.O=C(O)CCC(=O)O. The molecule has 27 heavy (non-hydrogen) atoms. The van der Waals surface area contributed by atoms with Gasteiger partial charge in [-0.15, -0.1) is 11.3 Å². The highest BCUT2D eigenvalue weighted by Crippen LogP contribution is 2.25. The molecule has 0 radical (unpaired) electrons. The summed E-state index contributed by atoms with van der Waals surface area (Å²) in [5.41, 5.74) is 3.62. The summed E-state index contributed by atoms with van der Waals surface area (Å²) in [4.78, 5) is 23.5. The summed E-state index contributed by atoms with van der Waals surface area (Å²) in [6.45, 7) is 2.01. The van der Waals surface area contributed by atoms with E-state index in [1.54, 1.807) is 17.5 Å². The summed E-state index contributed by atoms with van der Waals surface area (Å²) in [5.74, 6) is 4.16. The van der Waals surface area contributed by atoms with E-state index >= 15 is 0 Å². The number of rotatable bonds is 3. The van der Waals surface area contributed by atoms with Crippen LogP contribution >= 0.6 is 22.9 Å². The fourth-order valence-corrected chi connectivity index (χ4v) is 3.20. The molecule has 1 aliphatic rings. The molecule has 0 bridgehead atoms. The zero-order valence-corrected chi connectivity index (χ0v) is 16.1. The molecule has 1 aliphatic heterocycles. The van der Waals surface area contributed by atoms with Crippen molar-refractivity contribution in [2.45, 2.75) is 25.7 Å². The first-order valence-electron chi connectivity index (χ1n) is 8.33. The molecule has 1 aromatic carbocycles. The van der Waals surface area contributed by atoms with Crippen molar-refractivity contribution in [3.05, 3.63) is 50.4 Å². The number of aliphatic carboxylic acids is 2. The number of carboxylic acids is 2. The number of hydrogen-bond acceptors (Lipinski definition) is 5. The Bertz CT molecular complexity index is 843. The van der Waals surface area contributed by atoms with Gasteiger partial charge in [0.15, 0.2) is 5.01 Å². The molecule has 0 amide bonds. The van der Waals surface area contributed by atoms with E-state index in [1.807, 2.05) is 11.4 Å². The molecule has 0 saturated carbocycles. The Balaban J connectivity index is 0.000000279. The average molecular weight is 407 g/mol. The molecule has 0 aliphatic carbocycles. The average Bonchev–Trinajstić information content (AvgIpc) is 3.03. The lowest BCUT2D eigenvalue weighted by Gasteiger charge is -2.09. The van der Waals surface area contributed by atoms with Crippen LogP contribution in [0.3, 0.4) is 0 Å². The van der Waals surface area contributed by atoms with Gasteiger partial charge in [-0.25, -0.2) is 4.98 Å². The minimum Gasteiger partial charge on any atom is -0.481 e. The van der Waals surface area contributed by atoms with Gasteiger partial charge in [-0.2, -0.15) is 0 Å². The Morgan fingerprint density at radius 2 is 1.85 bits per heavy atom. The van der Waals surface area contributed by atoms with Gasteiger partial charge < -0.3 is 15.5 Å². The molecule has 0 saturated heterocycles. The van der Waals surface area contributed by atoms with E-state index in [4.69, 9.17) is 21.8 Å². The van der Waals surface area contributed by atoms with Crippen LogP contribution in [0.15, 0.2) is 23.7 Å². The van der Waals surface area contributed by atoms with E-state index in [-0.39, 0.29) is 12.8 Å². The molecule has 0 unspecified atom stereocenters. The maximum atomic E-state index is 9.64. The van der Waals surface area contributed by atoms with Crippen LogP contribution in [0.4, 0.5) is 0 Å². The molecule has 2 heterocycles. The first-order chi connectivity index (χ1) is 13.0. The number of thiazole rings is 1. The second-order valence-electron chi connectivity index (χ2n) is 5.68. The minimum absolute atomic E-state index is 0.296. The van der Waals surface area contributed by atoms with Gasteiger partial charge in [-0.05, 0) is 49.0 Å². The Labute approximate surface area is 166 Å². The number of nitrogens with zero attached hydrogens (tertiary/aromatic N) is 1. The number of aromatic nitrogens is 1. The van der Waals surface area contributed by atoms with Gasteiger partial charge in [0, 0.05) is 17.1 Å². The topological polar surface area (TPSA) is 99.5 Å². The monoisotopic (exact) mass is 406 g/mol. The van der Waals surface area contributed by atoms with Crippen molar-refractivity contribution in [1.29, 1.82) is 0 Å². The largest absolute Gasteiger partial charge is 0.481 e. The normalized spacial score (nSPS) is 12.5. The molecular formula is C19H19ClN2O4S. The van der Waals surface area contributed by atoms with E-state index in [0.29, 0.717) is 0 Å². The summed E-state index contributed by atoms with van der Waals surface area (Å²) in [7, 11) is 0. The molecule has 3 rings (SSSR count). The minimum atomic E-state index is -1.08. The van der Waals surface area contributed by atoms with Crippen LogP contribution in [0.2, 0.25) is 5.02 Å². The van der Waals surface area contributed by atoms with Crippen LogP contribution in [0.1, 0.15) is 34.5 Å². The highest BCUT2D eigenvalue weighted by molar-refractivity contribution is 7.10. The van der Waals surface area contributed by atoms with Crippen LogP contribution in [0.5, 0.6) is 0 Å². The first-order valence-corrected chi connectivity index (χ1v) is 9.59. The van der Waals surface area contributed by atoms with Crippen molar-refractivity contribution in [2.24, 2.45) is 0 Å². The van der Waals surface area contributed by atoms with E-state index in [1.165, 1.54) is 11.1 Å². The maximum absolute atomic E-state index is 9.64. The Hall–Kier alpha value is -2.40. The van der Waals surface area contributed by atoms with Crippen LogP contribution in [-0.4, -0.2) is 40.2 Å². The molecule has 1 aromatic heterocycles. The fourth-order valence-electron chi connectivity index (χ4n) is 2.49. The quantitative estimate of drug-likeness (QED) is 0.678. The lowest BCUT2D eigenvalue weighted by molar-refractivity contribution is -0.143. The van der Waals surface area contributed by atoms with E-state index in [2.05, 4.69) is 28.2 Å². The van der Waals surface area contributed by atoms with Gasteiger partial charge in [0.2, 0.25) is 0 Å². The molecule has 6 nitrogen and oxygen atoms in total. The van der Waals surface area contributed by atoms with Gasteiger partial charge >= 0.3 is 11.9 Å². The van der Waals surface area contributed by atoms with Crippen molar-refractivity contribution in [3.63, 3.8) is 0 Å². The van der Waals surface area contributed by atoms with Crippen LogP contribution in [0.25, 0.3) is 0 Å². The Morgan fingerprint density at radius 1 is 1.15 bits per heavy atom. The Kier molecular flexibility index (Phi) is 8.27. The van der Waals surface area contributed by atoms with Crippen molar-refractivity contribution < 1.29 is 19.8 Å². The third-order valence-corrected chi connectivity index (χ3v) is 4.76. The number of nitrogens with one attached hydrogen (secondary N) is 1. The summed E-state index contributed by atoms with van der Waals surface area (Å²) in [5, 5.41) is 22.7. The molecular weight excluding hydrogens is 388 g/mol. The van der Waals surface area contributed by atoms with Crippen molar-refractivity contribution >= 4 is 34.9 Å². The van der Waals surface area contributed by atoms with Crippen LogP contribution in [-0.2, 0) is 22.4 Å². The zero-order chi connectivity index (χ0) is 19.6. The fraction of sp³-hybridized carbons (Fsp3) is 0.316. The molecule has 0 atom stereocenters. The van der Waals surface area contributed by atoms with E-state index < -0.39 is 11.9 Å². The van der Waals surface area contributed by atoms with Gasteiger partial charge in [0.1, 0.15) is 0 Å². The third kappa shape index (κ3) is 7.02. The predicted molar refractivity (Wildman–Crippen MR) is 104 cm³/mol. The molecule has 3 N–H and O–H groups in total. The highest BCUT2D eigenvalue weighted by atomic mass is 35.5. The summed E-state index contributed by atoms with van der Waals surface area (Å²) >= 11 is 7.86. The molecule has 142 valence electrons. The van der Waals surface area contributed by atoms with Crippen LogP contribution < -0.4 is 5.32 Å². The highest BCUT2D eigenvalue weighted by Gasteiger charge is 2.13. The molecule has 2 aromatic rings. The van der Waals surface area contributed by atoms with Gasteiger partial charge in [-0.1, -0.05) is 23.6 Å². The first kappa shape index (κ1) is 20.9. The van der Waals surface area contributed by atoms with Crippen LogP contribution in [0, 0.1) is 11.8 Å². The number of fused-ring (bicyclic) bond motifs is 1. The molecule has 0 spiro atoms. The number of halogens is 1. The summed E-state index contributed by atoms with van der Waals surface area (Å²) in [6.07, 6.45) is 3.20. The van der Waals surface area contributed by atoms with E-state index in [0.717, 1.165) is 41.5 Å². The van der Waals surface area contributed by atoms with E-state index in [9.17, 15) is 9.59 Å². The lowest BCUT2D eigenvalue weighted by Crippen LogP contribution is -2.16. The predicted octanol–water partition coefficient (Wildman–Crippen LogP) is 2.82. The molecule has 0 fully saturated rings. The second-order valence-corrected chi connectivity index (χ2v) is 6.99. The second kappa shape index (κ2) is 10.7. The third-order valence-electron chi connectivity index (χ3n) is 3.76. The van der Waals surface area contributed by atoms with Gasteiger partial charge in [0.25, 0.3) is 0 Å². The van der Waals surface area contributed by atoms with Gasteiger partial charge in [0.05, 0.1) is 17.9 Å². The lowest BCUT2D eigenvalue weighted by atomic mass is 9.97. The number of carboxylic acid groups (broad SMARTS) is 2. The van der Waals surface area contributed by atoms with Crippen molar-refractivity contribution in [1.82, 2.24) is 10.3 Å². The van der Waals surface area contributed by atoms with Crippen molar-refractivity contribution in [2.75, 3.05) is 13.1 Å². The Morgan fingerprint density at radius 3 is 2.48 bits per heavy atom. The maximum Gasteiger partial charge on any atom is 0.303 e. The van der Waals surface area contributed by atoms with Crippen molar-refractivity contribution in [3.8, 4) is 11.8 Å². The molecule has 8 heteroatoms. The number of benzene rings is 1. The number of hydrogen-bond donors (Lipinski definition) is 3. The summed E-state index contributed by atoms with van der Waals surface area (Å²) in [6, 6.07) is 4.08. The zero-order valence-electron chi connectivity index (χ0n) is 14.5. The standard InChI is InChI=1S/C15H13ClN2S.C4H6O4/c16-14-3-1-11-5-7-17-8-6-12(11)13(14)2-4-15-18-9-10-19-15;5-3(6)1-2-4(7)8/h1,3,9-10,17H,5-8H2;1-2H2,(H,5,6)(H,7,8). The number of carbonyl (C=O) groups is 2.